The molecular formula is C32H30N2O2. The largest absolute Gasteiger partial charge is 0.366 e. The van der Waals surface area contributed by atoms with Gasteiger partial charge < -0.3 is 11.5 Å². The zero-order valence-electron chi connectivity index (χ0n) is 20.9. The van der Waals surface area contributed by atoms with E-state index in [2.05, 4.69) is 80.6 Å². The van der Waals surface area contributed by atoms with Gasteiger partial charge >= 0.3 is 0 Å². The molecule has 0 heterocycles. The summed E-state index contributed by atoms with van der Waals surface area (Å²) in [4.78, 5) is 24.5. The van der Waals surface area contributed by atoms with E-state index in [1.165, 1.54) is 22.3 Å². The van der Waals surface area contributed by atoms with Crippen LogP contribution in [0.15, 0.2) is 78.9 Å². The fourth-order valence-corrected chi connectivity index (χ4v) is 6.06. The average molecular weight is 475 g/mol. The minimum absolute atomic E-state index is 0.391. The lowest BCUT2D eigenvalue weighted by atomic mass is 9.66. The number of hydrogen-bond donors (Lipinski definition) is 2. The number of primary amides is 2. The van der Waals surface area contributed by atoms with Crippen LogP contribution in [0.4, 0.5) is 0 Å². The van der Waals surface area contributed by atoms with Crippen LogP contribution in [0.2, 0.25) is 0 Å². The van der Waals surface area contributed by atoms with Crippen LogP contribution in [0.25, 0.3) is 11.1 Å². The zero-order valence-corrected chi connectivity index (χ0v) is 20.9. The van der Waals surface area contributed by atoms with Crippen LogP contribution < -0.4 is 11.5 Å². The lowest BCUT2D eigenvalue weighted by molar-refractivity contribution is 0.0990. The Morgan fingerprint density at radius 1 is 0.694 bits per heavy atom. The molecule has 0 fully saturated rings. The first-order chi connectivity index (χ1) is 17.3. The quantitative estimate of drug-likeness (QED) is 0.332. The van der Waals surface area contributed by atoms with E-state index in [1.54, 1.807) is 0 Å². The smallest absolute Gasteiger partial charge is 0.249 e. The summed E-state index contributed by atoms with van der Waals surface area (Å²) in [6.45, 7) is 6.04. The van der Waals surface area contributed by atoms with Crippen molar-refractivity contribution in [3.05, 3.63) is 129 Å². The zero-order chi connectivity index (χ0) is 25.6. The van der Waals surface area contributed by atoms with Crippen LogP contribution in [0.5, 0.6) is 0 Å². The average Bonchev–Trinajstić information content (AvgIpc) is 3.18. The van der Waals surface area contributed by atoms with E-state index in [9.17, 15) is 9.59 Å². The van der Waals surface area contributed by atoms with E-state index in [0.717, 1.165) is 27.8 Å². The molecule has 4 N–H and O–H groups in total. The van der Waals surface area contributed by atoms with Gasteiger partial charge in [0.25, 0.3) is 0 Å². The van der Waals surface area contributed by atoms with Gasteiger partial charge in [0.15, 0.2) is 0 Å². The number of benzene rings is 4. The molecule has 0 spiro atoms. The summed E-state index contributed by atoms with van der Waals surface area (Å²) in [6.07, 6.45) is 1.39. The number of amides is 2. The molecule has 0 unspecified atom stereocenters. The molecular weight excluding hydrogens is 444 g/mol. The Bertz CT molecular complexity index is 1460. The normalized spacial score (nSPS) is 13.2. The first kappa shape index (κ1) is 23.6. The molecule has 0 atom stereocenters. The molecule has 0 aromatic heterocycles. The molecule has 0 bridgehead atoms. The maximum atomic E-state index is 12.5. The van der Waals surface area contributed by atoms with Crippen LogP contribution in [0.3, 0.4) is 0 Å². The van der Waals surface area contributed by atoms with Crippen molar-refractivity contribution in [3.8, 4) is 11.1 Å². The monoisotopic (exact) mass is 474 g/mol. The molecule has 5 rings (SSSR count). The van der Waals surface area contributed by atoms with E-state index >= 15 is 0 Å². The highest BCUT2D eigenvalue weighted by Crippen LogP contribution is 2.56. The van der Waals surface area contributed by atoms with Crippen LogP contribution in [0, 0.1) is 6.92 Å². The molecule has 4 aromatic carbocycles. The Labute approximate surface area is 212 Å². The van der Waals surface area contributed by atoms with Gasteiger partial charge in [-0.15, -0.1) is 0 Å². The first-order valence-electron chi connectivity index (χ1n) is 12.4. The first-order valence-corrected chi connectivity index (χ1v) is 12.4. The summed E-state index contributed by atoms with van der Waals surface area (Å²) < 4.78 is 0. The van der Waals surface area contributed by atoms with Crippen LogP contribution >= 0.6 is 0 Å². The van der Waals surface area contributed by atoms with E-state index in [-0.39, 0.29) is 0 Å². The number of aryl methyl sites for hydroxylation is 3. The summed E-state index contributed by atoms with van der Waals surface area (Å²) in [5.41, 5.74) is 21.6. The fraction of sp³-hybridized carbons (Fsp3) is 0.188. The van der Waals surface area contributed by atoms with Crippen LogP contribution in [-0.4, -0.2) is 11.8 Å². The van der Waals surface area contributed by atoms with Crippen molar-refractivity contribution in [2.45, 2.75) is 39.0 Å². The van der Waals surface area contributed by atoms with Crippen molar-refractivity contribution in [1.29, 1.82) is 0 Å². The second-order valence-electron chi connectivity index (χ2n) is 9.48. The van der Waals surface area contributed by atoms with Crippen LogP contribution in [-0.2, 0) is 18.3 Å². The maximum Gasteiger partial charge on any atom is 0.249 e. The third-order valence-corrected chi connectivity index (χ3v) is 7.62. The van der Waals surface area contributed by atoms with Gasteiger partial charge in [0.1, 0.15) is 0 Å². The molecule has 4 heteroatoms. The number of carbonyl (C=O) groups is 2. The minimum Gasteiger partial charge on any atom is -0.366 e. The van der Waals surface area contributed by atoms with Gasteiger partial charge in [-0.1, -0.05) is 86.6 Å². The molecule has 0 aliphatic heterocycles. The predicted molar refractivity (Wildman–Crippen MR) is 144 cm³/mol. The van der Waals surface area contributed by atoms with E-state index in [1.807, 2.05) is 19.1 Å². The number of hydrogen-bond acceptors (Lipinski definition) is 2. The third-order valence-electron chi connectivity index (χ3n) is 7.62. The van der Waals surface area contributed by atoms with Gasteiger partial charge in [-0.3, -0.25) is 9.59 Å². The highest BCUT2D eigenvalue weighted by atomic mass is 16.1. The van der Waals surface area contributed by atoms with Crippen molar-refractivity contribution in [2.24, 2.45) is 11.5 Å². The van der Waals surface area contributed by atoms with Crippen molar-refractivity contribution >= 4 is 11.8 Å². The van der Waals surface area contributed by atoms with Gasteiger partial charge in [0.2, 0.25) is 11.8 Å². The summed E-state index contributed by atoms with van der Waals surface area (Å²) in [5.74, 6) is -0.828. The second-order valence-corrected chi connectivity index (χ2v) is 9.48. The van der Waals surface area contributed by atoms with Gasteiger partial charge in [0.05, 0.1) is 5.41 Å². The SMILES string of the molecule is CCc1cc(C2(c3ccc(C(N)=O)c(C)c3)c3ccccc3-c3ccccc32)cc(CC)c1C(N)=O. The molecule has 0 radical (unpaired) electrons. The minimum atomic E-state index is -0.627. The number of carbonyl (C=O) groups excluding carboxylic acids is 2. The highest BCUT2D eigenvalue weighted by molar-refractivity contribution is 5.97. The molecule has 1 aliphatic carbocycles. The van der Waals surface area contributed by atoms with Crippen molar-refractivity contribution < 1.29 is 9.59 Å². The number of fused-ring (bicyclic) bond motifs is 3. The lowest BCUT2D eigenvalue weighted by Crippen LogP contribution is -2.30. The number of rotatable bonds is 6. The van der Waals surface area contributed by atoms with E-state index < -0.39 is 17.2 Å². The van der Waals surface area contributed by atoms with E-state index in [0.29, 0.717) is 24.0 Å². The molecule has 2 amide bonds. The molecule has 180 valence electrons. The Balaban J connectivity index is 1.96. The lowest BCUT2D eigenvalue weighted by Gasteiger charge is -2.35. The molecule has 0 saturated heterocycles. The van der Waals surface area contributed by atoms with Crippen molar-refractivity contribution in [1.82, 2.24) is 0 Å². The molecule has 0 saturated carbocycles. The molecule has 4 aromatic rings. The van der Waals surface area contributed by atoms with Gasteiger partial charge in [-0.2, -0.15) is 0 Å². The molecule has 4 nitrogen and oxygen atoms in total. The number of nitrogens with two attached hydrogens (primary N) is 2. The summed E-state index contributed by atoms with van der Waals surface area (Å²) in [7, 11) is 0. The van der Waals surface area contributed by atoms with Gasteiger partial charge in [-0.05, 0) is 75.9 Å². The van der Waals surface area contributed by atoms with E-state index in [4.69, 9.17) is 11.5 Å². The summed E-state index contributed by atoms with van der Waals surface area (Å²) in [6, 6.07) is 27.2. The van der Waals surface area contributed by atoms with Crippen molar-refractivity contribution in [3.63, 3.8) is 0 Å². The Kier molecular flexibility index (Phi) is 5.76. The summed E-state index contributed by atoms with van der Waals surface area (Å²) >= 11 is 0. The fourth-order valence-electron chi connectivity index (χ4n) is 6.06. The van der Waals surface area contributed by atoms with Gasteiger partial charge in [0, 0.05) is 11.1 Å². The maximum absolute atomic E-state index is 12.5. The molecule has 1 aliphatic rings. The predicted octanol–water partition coefficient (Wildman–Crippen LogP) is 5.68. The Hall–Kier alpha value is -4.18. The Morgan fingerprint density at radius 3 is 1.67 bits per heavy atom. The molecule has 36 heavy (non-hydrogen) atoms. The summed E-state index contributed by atoms with van der Waals surface area (Å²) in [5, 5.41) is 0. The second kappa shape index (κ2) is 8.80. The highest BCUT2D eigenvalue weighted by Gasteiger charge is 2.46. The third kappa shape index (κ3) is 3.29. The standard InChI is InChI=1S/C32H30N2O2/c1-4-20-17-23(18-21(5-2)29(20)31(34)36)32(22-14-15-24(30(33)35)19(3)16-22)27-12-8-6-10-25(27)26-11-7-9-13-28(26)32/h6-18H,4-5H2,1-3H3,(H2,33,35)(H2,34,36). The van der Waals surface area contributed by atoms with Gasteiger partial charge in [-0.25, -0.2) is 0 Å². The Morgan fingerprint density at radius 2 is 1.22 bits per heavy atom. The topological polar surface area (TPSA) is 86.2 Å². The van der Waals surface area contributed by atoms with Crippen LogP contribution in [0.1, 0.15) is 73.5 Å². The van der Waals surface area contributed by atoms with Crippen molar-refractivity contribution in [2.75, 3.05) is 0 Å².